The number of nitrogens with zero attached hydrogens (tertiary/aromatic N) is 2. The maximum atomic E-state index is 13.2. The Labute approximate surface area is 202 Å². The van der Waals surface area contributed by atoms with E-state index in [2.05, 4.69) is 11.4 Å². The molecule has 34 heavy (non-hydrogen) atoms. The van der Waals surface area contributed by atoms with Gasteiger partial charge in [0, 0.05) is 28.5 Å². The van der Waals surface area contributed by atoms with E-state index in [0.29, 0.717) is 32.8 Å². The van der Waals surface area contributed by atoms with Crippen molar-refractivity contribution < 1.29 is 14.0 Å². The molecule has 0 unspecified atom stereocenters. The first-order valence-corrected chi connectivity index (χ1v) is 11.0. The molecule has 2 aromatic heterocycles. The molecule has 7 heteroatoms. The summed E-state index contributed by atoms with van der Waals surface area (Å²) >= 11 is 6.10. The van der Waals surface area contributed by atoms with Gasteiger partial charge in [0.2, 0.25) is 17.4 Å². The van der Waals surface area contributed by atoms with Crippen LogP contribution in [0.1, 0.15) is 43.8 Å². The summed E-state index contributed by atoms with van der Waals surface area (Å²) in [5.74, 6) is -0.558. The third kappa shape index (κ3) is 4.30. The van der Waals surface area contributed by atoms with E-state index in [-0.39, 0.29) is 28.9 Å². The molecule has 0 fully saturated rings. The van der Waals surface area contributed by atoms with Crippen molar-refractivity contribution in [2.45, 2.75) is 27.7 Å². The Morgan fingerprint density at radius 3 is 2.35 bits per heavy atom. The summed E-state index contributed by atoms with van der Waals surface area (Å²) in [6.07, 6.45) is 0. The van der Waals surface area contributed by atoms with Crippen LogP contribution in [0.3, 0.4) is 0 Å². The molecule has 170 valence electrons. The highest BCUT2D eigenvalue weighted by Crippen LogP contribution is 2.41. The standard InChI is InChI=1S/C27H22ClN3O3/c1-15(32)30-23-21-13-20(16-9-11-18(28)12-10-16)22(19-8-6-5-7-17(19)14-29)31-26(21)34-24(23)25(33)27(2,3)4/h5-13H,1-4H3,(H,30,32). The normalized spacial score (nSPS) is 11.3. The molecule has 0 radical (unpaired) electrons. The maximum Gasteiger partial charge on any atom is 0.229 e. The largest absolute Gasteiger partial charge is 0.432 e. The molecule has 2 aromatic carbocycles. The minimum absolute atomic E-state index is 0.0398. The van der Waals surface area contributed by atoms with Crippen LogP contribution in [0.5, 0.6) is 0 Å². The lowest BCUT2D eigenvalue weighted by molar-refractivity contribution is -0.114. The summed E-state index contributed by atoms with van der Waals surface area (Å²) in [5, 5.41) is 13.5. The van der Waals surface area contributed by atoms with Gasteiger partial charge in [-0.3, -0.25) is 9.59 Å². The smallest absolute Gasteiger partial charge is 0.229 e. The Kier molecular flexibility index (Phi) is 5.99. The fourth-order valence-electron chi connectivity index (χ4n) is 3.67. The third-order valence-corrected chi connectivity index (χ3v) is 5.58. The lowest BCUT2D eigenvalue weighted by Gasteiger charge is -2.15. The predicted octanol–water partition coefficient (Wildman–Crippen LogP) is 6.87. The number of ketones is 1. The number of fused-ring (bicyclic) bond motifs is 1. The van der Waals surface area contributed by atoms with Gasteiger partial charge in [-0.05, 0) is 29.8 Å². The number of halogens is 1. The van der Waals surface area contributed by atoms with Gasteiger partial charge in [-0.25, -0.2) is 4.98 Å². The first-order valence-electron chi connectivity index (χ1n) is 10.7. The first-order chi connectivity index (χ1) is 16.1. The third-order valence-electron chi connectivity index (χ3n) is 5.33. The van der Waals surface area contributed by atoms with Crippen molar-refractivity contribution in [2.75, 3.05) is 5.32 Å². The molecule has 0 saturated heterocycles. The first kappa shape index (κ1) is 23.2. The lowest BCUT2D eigenvalue weighted by Crippen LogP contribution is -2.21. The molecule has 0 atom stereocenters. The summed E-state index contributed by atoms with van der Waals surface area (Å²) in [5.41, 5.74) is 2.83. The highest BCUT2D eigenvalue weighted by molar-refractivity contribution is 6.30. The number of benzene rings is 2. The zero-order valence-corrected chi connectivity index (χ0v) is 19.9. The Morgan fingerprint density at radius 1 is 1.06 bits per heavy atom. The number of aromatic nitrogens is 1. The minimum atomic E-state index is -0.740. The second-order valence-corrected chi connectivity index (χ2v) is 9.40. The monoisotopic (exact) mass is 471 g/mol. The number of nitriles is 1. The van der Waals surface area contributed by atoms with Crippen molar-refractivity contribution in [2.24, 2.45) is 5.41 Å². The molecule has 4 rings (SSSR count). The van der Waals surface area contributed by atoms with Crippen molar-refractivity contribution in [1.82, 2.24) is 4.98 Å². The van der Waals surface area contributed by atoms with Crippen LogP contribution in [0.4, 0.5) is 5.69 Å². The molecule has 0 spiro atoms. The van der Waals surface area contributed by atoms with Crippen LogP contribution in [-0.2, 0) is 4.79 Å². The Bertz CT molecular complexity index is 1470. The number of carbonyl (C=O) groups is 2. The van der Waals surface area contributed by atoms with Gasteiger partial charge in [-0.15, -0.1) is 0 Å². The van der Waals surface area contributed by atoms with Crippen LogP contribution in [0, 0.1) is 16.7 Å². The quantitative estimate of drug-likeness (QED) is 0.327. The van der Waals surface area contributed by atoms with Crippen LogP contribution >= 0.6 is 11.6 Å². The van der Waals surface area contributed by atoms with Crippen molar-refractivity contribution in [3.05, 3.63) is 70.9 Å². The van der Waals surface area contributed by atoms with E-state index in [1.807, 2.05) is 30.3 Å². The second kappa shape index (κ2) is 8.77. The molecule has 1 N–H and O–H groups in total. The van der Waals surface area contributed by atoms with E-state index in [4.69, 9.17) is 21.0 Å². The summed E-state index contributed by atoms with van der Waals surface area (Å²) in [6, 6.07) is 18.4. The Balaban J connectivity index is 2.10. The minimum Gasteiger partial charge on any atom is -0.432 e. The number of hydrogen-bond acceptors (Lipinski definition) is 5. The number of furan rings is 1. The molecule has 0 bridgehead atoms. The number of anilines is 1. The molecule has 2 heterocycles. The fraction of sp³-hybridized carbons (Fsp3) is 0.185. The number of hydrogen-bond donors (Lipinski definition) is 1. The van der Waals surface area contributed by atoms with Crippen LogP contribution in [0.15, 0.2) is 59.0 Å². The average Bonchev–Trinajstić information content (AvgIpc) is 3.14. The SMILES string of the molecule is CC(=O)Nc1c(C(=O)C(C)(C)C)oc2nc(-c3ccccc3C#N)c(-c3ccc(Cl)cc3)cc12. The van der Waals surface area contributed by atoms with Crippen LogP contribution in [0.2, 0.25) is 5.02 Å². The molecule has 1 amide bonds. The van der Waals surface area contributed by atoms with Gasteiger partial charge in [-0.2, -0.15) is 5.26 Å². The molecule has 0 saturated carbocycles. The zero-order chi connectivity index (χ0) is 24.6. The highest BCUT2D eigenvalue weighted by atomic mass is 35.5. The number of carbonyl (C=O) groups excluding carboxylic acids is 2. The van der Waals surface area contributed by atoms with Gasteiger partial charge < -0.3 is 9.73 Å². The van der Waals surface area contributed by atoms with Gasteiger partial charge in [0.1, 0.15) is 5.69 Å². The summed E-state index contributed by atoms with van der Waals surface area (Å²) in [4.78, 5) is 29.9. The lowest BCUT2D eigenvalue weighted by atomic mass is 9.88. The van der Waals surface area contributed by atoms with Crippen molar-refractivity contribution in [3.8, 4) is 28.5 Å². The van der Waals surface area contributed by atoms with E-state index in [0.717, 1.165) is 5.56 Å². The summed E-state index contributed by atoms with van der Waals surface area (Å²) < 4.78 is 5.95. The van der Waals surface area contributed by atoms with E-state index in [1.165, 1.54) is 6.92 Å². The molecule has 0 aliphatic rings. The van der Waals surface area contributed by atoms with E-state index < -0.39 is 5.41 Å². The topological polar surface area (TPSA) is 96.0 Å². The van der Waals surface area contributed by atoms with Gasteiger partial charge in [0.25, 0.3) is 0 Å². The second-order valence-electron chi connectivity index (χ2n) is 8.97. The number of Topliss-reactive ketones (excluding diaryl/α,β-unsaturated/α-hetero) is 1. The van der Waals surface area contributed by atoms with Crippen molar-refractivity contribution in [1.29, 1.82) is 5.26 Å². The molecule has 0 aliphatic carbocycles. The average molecular weight is 472 g/mol. The zero-order valence-electron chi connectivity index (χ0n) is 19.2. The summed E-state index contributed by atoms with van der Waals surface area (Å²) in [7, 11) is 0. The molecular formula is C27H22ClN3O3. The van der Waals surface area contributed by atoms with Crippen LogP contribution in [0.25, 0.3) is 33.5 Å². The Morgan fingerprint density at radius 2 is 1.74 bits per heavy atom. The molecule has 6 nitrogen and oxygen atoms in total. The van der Waals surface area contributed by atoms with Crippen LogP contribution < -0.4 is 5.32 Å². The maximum absolute atomic E-state index is 13.2. The molecule has 0 aliphatic heterocycles. The van der Waals surface area contributed by atoms with Gasteiger partial charge in [-0.1, -0.05) is 62.7 Å². The van der Waals surface area contributed by atoms with Crippen molar-refractivity contribution in [3.63, 3.8) is 0 Å². The summed E-state index contributed by atoms with van der Waals surface area (Å²) in [6.45, 7) is 6.71. The fourth-order valence-corrected chi connectivity index (χ4v) is 3.79. The molecule has 4 aromatic rings. The van der Waals surface area contributed by atoms with Gasteiger partial charge >= 0.3 is 0 Å². The van der Waals surface area contributed by atoms with Crippen molar-refractivity contribution >= 4 is 40.1 Å². The van der Waals surface area contributed by atoms with Crippen LogP contribution in [-0.4, -0.2) is 16.7 Å². The number of nitrogens with one attached hydrogen (secondary N) is 1. The number of amides is 1. The van der Waals surface area contributed by atoms with Gasteiger partial charge in [0.15, 0.2) is 5.76 Å². The molecular weight excluding hydrogens is 450 g/mol. The van der Waals surface area contributed by atoms with E-state index in [1.54, 1.807) is 45.0 Å². The Hall–Kier alpha value is -3.95. The number of rotatable bonds is 4. The predicted molar refractivity (Wildman–Crippen MR) is 133 cm³/mol. The number of pyridine rings is 1. The van der Waals surface area contributed by atoms with E-state index in [9.17, 15) is 14.9 Å². The van der Waals surface area contributed by atoms with Gasteiger partial charge in [0.05, 0.1) is 22.7 Å². The van der Waals surface area contributed by atoms with E-state index >= 15 is 0 Å². The highest BCUT2D eigenvalue weighted by Gasteiger charge is 2.31.